The van der Waals surface area contributed by atoms with E-state index in [-0.39, 0.29) is 0 Å². The molecule has 0 aliphatic heterocycles. The van der Waals surface area contributed by atoms with Crippen molar-refractivity contribution in [3.05, 3.63) is 164 Å². The topological polar surface area (TPSA) is 65.0 Å². The summed E-state index contributed by atoms with van der Waals surface area (Å²) in [5.41, 5.74) is 12.1. The van der Waals surface area contributed by atoms with Crippen LogP contribution >= 0.6 is 0 Å². The SMILES string of the molecule is c1ccc(-c2cc(-c3cccc(-c4ccncc4)c3)nc(-c3ccc(-c4ccc5c(c4)oc4ccccc45)c4c3oc3ccccc34)n2)cc1. The summed E-state index contributed by atoms with van der Waals surface area (Å²) in [6.07, 6.45) is 3.63. The van der Waals surface area contributed by atoms with Crippen LogP contribution in [0.1, 0.15) is 0 Å². The van der Waals surface area contributed by atoms with E-state index in [2.05, 4.69) is 96.0 Å². The Kier molecular flexibility index (Phi) is 6.42. The fourth-order valence-electron chi connectivity index (χ4n) is 7.01. The van der Waals surface area contributed by atoms with E-state index in [0.717, 1.165) is 94.2 Å². The van der Waals surface area contributed by atoms with Gasteiger partial charge >= 0.3 is 0 Å². The Labute approximate surface area is 287 Å². The van der Waals surface area contributed by atoms with Gasteiger partial charge in [0.15, 0.2) is 5.82 Å². The molecule has 0 aliphatic carbocycles. The summed E-state index contributed by atoms with van der Waals surface area (Å²) in [5, 5.41) is 4.26. The first-order valence-electron chi connectivity index (χ1n) is 16.6. The molecule has 0 atom stereocenters. The zero-order chi connectivity index (χ0) is 33.0. The van der Waals surface area contributed by atoms with Crippen LogP contribution in [-0.4, -0.2) is 15.0 Å². The van der Waals surface area contributed by atoms with Gasteiger partial charge in [-0.3, -0.25) is 4.98 Å². The maximum absolute atomic E-state index is 6.69. The van der Waals surface area contributed by atoms with Crippen LogP contribution in [0.15, 0.2) is 173 Å². The molecular weight excluding hydrogens is 615 g/mol. The van der Waals surface area contributed by atoms with Crippen LogP contribution < -0.4 is 0 Å². The van der Waals surface area contributed by atoms with Crippen molar-refractivity contribution in [1.82, 2.24) is 15.0 Å². The third-order valence-corrected chi connectivity index (χ3v) is 9.42. The van der Waals surface area contributed by atoms with Crippen LogP contribution in [0.2, 0.25) is 0 Å². The molecule has 10 aromatic rings. The molecule has 10 rings (SSSR count). The first kappa shape index (κ1) is 28.2. The molecule has 0 unspecified atom stereocenters. The third-order valence-electron chi connectivity index (χ3n) is 9.42. The molecule has 5 heteroatoms. The molecule has 0 amide bonds. The zero-order valence-corrected chi connectivity index (χ0v) is 26.7. The average molecular weight is 642 g/mol. The Morgan fingerprint density at radius 1 is 0.380 bits per heavy atom. The lowest BCUT2D eigenvalue weighted by atomic mass is 9.96. The minimum absolute atomic E-state index is 0.596. The molecule has 50 heavy (non-hydrogen) atoms. The number of hydrogen-bond donors (Lipinski definition) is 0. The molecule has 0 spiro atoms. The van der Waals surface area contributed by atoms with Crippen molar-refractivity contribution in [3.63, 3.8) is 0 Å². The molecule has 0 bridgehead atoms. The molecule has 0 saturated heterocycles. The Morgan fingerprint density at radius 2 is 1.04 bits per heavy atom. The van der Waals surface area contributed by atoms with Gasteiger partial charge in [0, 0.05) is 45.1 Å². The molecule has 4 aromatic heterocycles. The summed E-state index contributed by atoms with van der Waals surface area (Å²) in [4.78, 5) is 14.6. The zero-order valence-electron chi connectivity index (χ0n) is 26.7. The van der Waals surface area contributed by atoms with Gasteiger partial charge in [0.25, 0.3) is 0 Å². The van der Waals surface area contributed by atoms with Crippen molar-refractivity contribution in [2.45, 2.75) is 0 Å². The number of para-hydroxylation sites is 2. The lowest BCUT2D eigenvalue weighted by Gasteiger charge is -2.12. The van der Waals surface area contributed by atoms with Gasteiger partial charge in [-0.2, -0.15) is 0 Å². The van der Waals surface area contributed by atoms with Crippen LogP contribution in [0, 0.1) is 0 Å². The number of rotatable bonds is 5. The van der Waals surface area contributed by atoms with Gasteiger partial charge in [-0.15, -0.1) is 0 Å². The smallest absolute Gasteiger partial charge is 0.164 e. The van der Waals surface area contributed by atoms with Gasteiger partial charge in [0.05, 0.1) is 17.0 Å². The van der Waals surface area contributed by atoms with Crippen LogP contribution in [0.3, 0.4) is 0 Å². The molecule has 6 aromatic carbocycles. The highest BCUT2D eigenvalue weighted by atomic mass is 16.3. The van der Waals surface area contributed by atoms with Crippen molar-refractivity contribution in [2.75, 3.05) is 0 Å². The van der Waals surface area contributed by atoms with Crippen LogP contribution in [0.25, 0.3) is 100 Å². The van der Waals surface area contributed by atoms with Gasteiger partial charge < -0.3 is 8.83 Å². The van der Waals surface area contributed by atoms with Crippen molar-refractivity contribution in [3.8, 4) is 56.2 Å². The van der Waals surface area contributed by atoms with E-state index >= 15 is 0 Å². The monoisotopic (exact) mass is 641 g/mol. The van der Waals surface area contributed by atoms with Crippen LogP contribution in [-0.2, 0) is 0 Å². The lowest BCUT2D eigenvalue weighted by Crippen LogP contribution is -1.97. The molecule has 4 heterocycles. The third kappa shape index (κ3) is 4.67. The van der Waals surface area contributed by atoms with E-state index in [1.807, 2.05) is 73.1 Å². The van der Waals surface area contributed by atoms with Crippen molar-refractivity contribution < 1.29 is 8.83 Å². The largest absolute Gasteiger partial charge is 0.456 e. The standard InChI is InChI=1S/C45H27N3O2/c1-2-9-29(10-3-1)38-27-39(32-12-8-11-30(25-32)28-21-23-46-24-22-28)48-45(47-38)37-20-19-33(43-36-14-5-7-16-41(36)50-44(37)43)31-17-18-35-34-13-4-6-15-40(34)49-42(35)26-31/h1-27H. The highest BCUT2D eigenvalue weighted by Gasteiger charge is 2.21. The summed E-state index contributed by atoms with van der Waals surface area (Å²) < 4.78 is 13.0. The molecule has 234 valence electrons. The lowest BCUT2D eigenvalue weighted by molar-refractivity contribution is 0.668. The van der Waals surface area contributed by atoms with Crippen LogP contribution in [0.5, 0.6) is 0 Å². The molecule has 0 saturated carbocycles. The van der Waals surface area contributed by atoms with Crippen LogP contribution in [0.4, 0.5) is 0 Å². The Hall–Kier alpha value is -6.85. The average Bonchev–Trinajstić information content (AvgIpc) is 3.77. The quantitative estimate of drug-likeness (QED) is 0.187. The number of benzene rings is 6. The number of fused-ring (bicyclic) bond motifs is 6. The van der Waals surface area contributed by atoms with Crippen molar-refractivity contribution in [2.24, 2.45) is 0 Å². The summed E-state index contributed by atoms with van der Waals surface area (Å²) in [7, 11) is 0. The molecule has 0 N–H and O–H groups in total. The number of furan rings is 2. The minimum Gasteiger partial charge on any atom is -0.456 e. The predicted molar refractivity (Wildman–Crippen MR) is 202 cm³/mol. The summed E-state index contributed by atoms with van der Waals surface area (Å²) in [6.45, 7) is 0. The first-order valence-corrected chi connectivity index (χ1v) is 16.6. The van der Waals surface area contributed by atoms with E-state index in [9.17, 15) is 0 Å². The summed E-state index contributed by atoms with van der Waals surface area (Å²) in [6, 6.07) is 51.8. The fraction of sp³-hybridized carbons (Fsp3) is 0. The minimum atomic E-state index is 0.596. The molecular formula is C45H27N3O2. The number of hydrogen-bond acceptors (Lipinski definition) is 5. The highest BCUT2D eigenvalue weighted by Crippen LogP contribution is 2.43. The number of pyridine rings is 1. The van der Waals surface area contributed by atoms with E-state index in [0.29, 0.717) is 5.82 Å². The normalized spacial score (nSPS) is 11.6. The number of nitrogens with zero attached hydrogens (tertiary/aromatic N) is 3. The Bertz CT molecular complexity index is 2870. The maximum Gasteiger partial charge on any atom is 0.164 e. The second kappa shape index (κ2) is 11.4. The van der Waals surface area contributed by atoms with Gasteiger partial charge in [0.2, 0.25) is 0 Å². The van der Waals surface area contributed by atoms with Crippen molar-refractivity contribution in [1.29, 1.82) is 0 Å². The Balaban J connectivity index is 1.19. The molecule has 0 fully saturated rings. The highest BCUT2D eigenvalue weighted by molar-refractivity contribution is 6.16. The molecule has 0 radical (unpaired) electrons. The second-order valence-corrected chi connectivity index (χ2v) is 12.4. The first-order chi connectivity index (χ1) is 24.8. The summed E-state index contributed by atoms with van der Waals surface area (Å²) in [5.74, 6) is 0.596. The van der Waals surface area contributed by atoms with Gasteiger partial charge in [-0.1, -0.05) is 97.1 Å². The second-order valence-electron chi connectivity index (χ2n) is 12.4. The maximum atomic E-state index is 6.69. The van der Waals surface area contributed by atoms with Gasteiger partial charge in [0.1, 0.15) is 22.3 Å². The van der Waals surface area contributed by atoms with E-state index in [4.69, 9.17) is 18.8 Å². The van der Waals surface area contributed by atoms with Gasteiger partial charge in [-0.05, 0) is 76.9 Å². The van der Waals surface area contributed by atoms with E-state index in [1.54, 1.807) is 0 Å². The molecule has 0 aliphatic rings. The summed E-state index contributed by atoms with van der Waals surface area (Å²) >= 11 is 0. The molecule has 5 nitrogen and oxygen atoms in total. The van der Waals surface area contributed by atoms with Crippen molar-refractivity contribution >= 4 is 43.9 Å². The number of aromatic nitrogens is 3. The van der Waals surface area contributed by atoms with E-state index < -0.39 is 0 Å². The Morgan fingerprint density at radius 3 is 1.88 bits per heavy atom. The van der Waals surface area contributed by atoms with E-state index in [1.165, 1.54) is 0 Å². The predicted octanol–water partition coefficient (Wildman–Crippen LogP) is 12.0. The fourth-order valence-corrected chi connectivity index (χ4v) is 7.01. The van der Waals surface area contributed by atoms with Gasteiger partial charge in [-0.25, -0.2) is 9.97 Å².